The van der Waals surface area contributed by atoms with Crippen LogP contribution in [0.5, 0.6) is 11.5 Å². The molecular weight excluding hydrogens is 589 g/mol. The van der Waals surface area contributed by atoms with E-state index in [1.165, 1.54) is 12.5 Å². The van der Waals surface area contributed by atoms with Crippen LogP contribution in [0.2, 0.25) is 0 Å². The van der Waals surface area contributed by atoms with Gasteiger partial charge < -0.3 is 15.8 Å². The standard InChI is InChI=1S/C33H32FN9O3/c34-30-21(16-22(17-36-30)39-26-10-11-27(44)40-33(26)45)18-42-14-12-23(13-15-42)43-32-28(31(35)37-19-38-32)29(41-43)20-6-8-25(9-7-20)46-24-4-2-1-3-5-24/h1-9,16-17,19,23,26,39H,10-15,18H2,(H2,35,37,38)(H,40,44,45). The molecule has 2 saturated heterocycles. The third-order valence-corrected chi connectivity index (χ3v) is 8.41. The molecule has 13 heteroatoms. The number of halogens is 1. The van der Waals surface area contributed by atoms with E-state index in [1.807, 2.05) is 59.3 Å². The number of ether oxygens (including phenoxy) is 1. The predicted octanol–water partition coefficient (Wildman–Crippen LogP) is 4.46. The summed E-state index contributed by atoms with van der Waals surface area (Å²) in [5, 5.41) is 11.1. The second-order valence-electron chi connectivity index (χ2n) is 11.5. The first-order valence-corrected chi connectivity index (χ1v) is 15.2. The molecule has 5 aromatic rings. The van der Waals surface area contributed by atoms with E-state index >= 15 is 0 Å². The van der Waals surface area contributed by atoms with Crippen molar-refractivity contribution in [3.8, 4) is 22.8 Å². The molecule has 3 aromatic heterocycles. The van der Waals surface area contributed by atoms with Gasteiger partial charge in [0.2, 0.25) is 17.8 Å². The number of aromatic nitrogens is 5. The first kappa shape index (κ1) is 29.3. The number of carbonyl (C=O) groups excluding carboxylic acids is 2. The zero-order valence-electron chi connectivity index (χ0n) is 24.9. The fourth-order valence-electron chi connectivity index (χ4n) is 6.04. The van der Waals surface area contributed by atoms with Crippen LogP contribution >= 0.6 is 0 Å². The minimum absolute atomic E-state index is 0.0611. The number of nitrogen functional groups attached to an aromatic ring is 1. The van der Waals surface area contributed by atoms with Crippen molar-refractivity contribution >= 4 is 34.4 Å². The van der Waals surface area contributed by atoms with Crippen molar-refractivity contribution in [3.63, 3.8) is 0 Å². The van der Waals surface area contributed by atoms with Crippen molar-refractivity contribution < 1.29 is 18.7 Å². The Bertz CT molecular complexity index is 1890. The molecular formula is C33H32FN9O3. The van der Waals surface area contributed by atoms with Gasteiger partial charge in [-0.1, -0.05) is 18.2 Å². The molecule has 1 atom stereocenters. The highest BCUT2D eigenvalue weighted by molar-refractivity contribution is 6.01. The highest BCUT2D eigenvalue weighted by Crippen LogP contribution is 2.35. The maximum atomic E-state index is 14.7. The molecule has 0 aliphatic carbocycles. The largest absolute Gasteiger partial charge is 0.457 e. The SMILES string of the molecule is Nc1ncnc2c1c(-c1ccc(Oc3ccccc3)cc1)nn2C1CCN(Cc2cc(NC3CCC(=O)NC3=O)cnc2F)CC1. The van der Waals surface area contributed by atoms with E-state index in [9.17, 15) is 14.0 Å². The van der Waals surface area contributed by atoms with Crippen LogP contribution in [-0.2, 0) is 16.1 Å². The lowest BCUT2D eigenvalue weighted by molar-refractivity contribution is -0.133. The van der Waals surface area contributed by atoms with Gasteiger partial charge in [0.1, 0.15) is 35.4 Å². The third-order valence-electron chi connectivity index (χ3n) is 8.41. The molecule has 234 valence electrons. The van der Waals surface area contributed by atoms with Crippen molar-refractivity contribution in [2.75, 3.05) is 24.1 Å². The summed E-state index contributed by atoms with van der Waals surface area (Å²) >= 11 is 0. The van der Waals surface area contributed by atoms with Crippen LogP contribution in [0.3, 0.4) is 0 Å². The number of imide groups is 1. The zero-order valence-corrected chi connectivity index (χ0v) is 24.9. The van der Waals surface area contributed by atoms with Crippen molar-refractivity contribution in [3.05, 3.63) is 84.7 Å². The van der Waals surface area contributed by atoms with Gasteiger partial charge >= 0.3 is 0 Å². The van der Waals surface area contributed by atoms with E-state index in [1.54, 1.807) is 6.07 Å². The maximum absolute atomic E-state index is 14.7. The fourth-order valence-corrected chi connectivity index (χ4v) is 6.04. The molecule has 5 heterocycles. The Balaban J connectivity index is 1.05. The molecule has 7 rings (SSSR count). The number of anilines is 2. The Hall–Kier alpha value is -5.43. The second kappa shape index (κ2) is 12.5. The number of hydrogen-bond acceptors (Lipinski definition) is 10. The summed E-state index contributed by atoms with van der Waals surface area (Å²) in [6.07, 6.45) is 4.99. The zero-order chi connectivity index (χ0) is 31.6. The quantitative estimate of drug-likeness (QED) is 0.167. The number of piperidine rings is 2. The Kier molecular flexibility index (Phi) is 7.97. The Morgan fingerprint density at radius 2 is 1.74 bits per heavy atom. The number of hydrogen-bond donors (Lipinski definition) is 3. The minimum Gasteiger partial charge on any atom is -0.457 e. The number of nitrogens with zero attached hydrogens (tertiary/aromatic N) is 6. The Labute approximate surface area is 263 Å². The fraction of sp³-hybridized carbons (Fsp3) is 0.273. The summed E-state index contributed by atoms with van der Waals surface area (Å²) in [4.78, 5) is 38.5. The number of amides is 2. The molecule has 2 aromatic carbocycles. The lowest BCUT2D eigenvalue weighted by atomic mass is 10.0. The number of carbonyl (C=O) groups is 2. The maximum Gasteiger partial charge on any atom is 0.249 e. The molecule has 4 N–H and O–H groups in total. The summed E-state index contributed by atoms with van der Waals surface area (Å²) in [5.41, 5.74) is 9.57. The number of pyridine rings is 1. The summed E-state index contributed by atoms with van der Waals surface area (Å²) in [6.45, 7) is 1.78. The first-order valence-electron chi connectivity index (χ1n) is 15.2. The van der Waals surface area contributed by atoms with Gasteiger partial charge in [0.05, 0.1) is 23.3 Å². The number of nitrogens with one attached hydrogen (secondary N) is 2. The molecule has 1 unspecified atom stereocenters. The smallest absolute Gasteiger partial charge is 0.249 e. The average Bonchev–Trinajstić information content (AvgIpc) is 3.46. The van der Waals surface area contributed by atoms with Gasteiger partial charge in [-0.3, -0.25) is 19.8 Å². The van der Waals surface area contributed by atoms with Crippen LogP contribution in [0.1, 0.15) is 37.3 Å². The van der Waals surface area contributed by atoms with Gasteiger partial charge in [-0.15, -0.1) is 0 Å². The lowest BCUT2D eigenvalue weighted by Gasteiger charge is -2.32. The van der Waals surface area contributed by atoms with Gasteiger partial charge in [-0.25, -0.2) is 19.6 Å². The lowest BCUT2D eigenvalue weighted by Crippen LogP contribution is -2.47. The summed E-state index contributed by atoms with van der Waals surface area (Å²) in [6, 6.07) is 18.5. The summed E-state index contributed by atoms with van der Waals surface area (Å²) < 4.78 is 22.6. The summed E-state index contributed by atoms with van der Waals surface area (Å²) in [7, 11) is 0. The van der Waals surface area contributed by atoms with Gasteiger partial charge in [0.15, 0.2) is 5.65 Å². The van der Waals surface area contributed by atoms with E-state index < -0.39 is 12.0 Å². The Morgan fingerprint density at radius 1 is 0.978 bits per heavy atom. The number of likely N-dealkylation sites (tertiary alicyclic amines) is 1. The van der Waals surface area contributed by atoms with Crippen molar-refractivity contribution in [1.29, 1.82) is 0 Å². The van der Waals surface area contributed by atoms with E-state index in [4.69, 9.17) is 15.6 Å². The molecule has 12 nitrogen and oxygen atoms in total. The molecule has 2 fully saturated rings. The monoisotopic (exact) mass is 621 g/mol. The average molecular weight is 622 g/mol. The van der Waals surface area contributed by atoms with Crippen LogP contribution < -0.4 is 21.1 Å². The third kappa shape index (κ3) is 6.09. The number of rotatable bonds is 8. The second-order valence-corrected chi connectivity index (χ2v) is 11.5. The van der Waals surface area contributed by atoms with E-state index in [0.29, 0.717) is 65.6 Å². The molecule has 0 radical (unpaired) electrons. The van der Waals surface area contributed by atoms with Crippen LogP contribution in [0, 0.1) is 5.95 Å². The molecule has 0 saturated carbocycles. The topological polar surface area (TPSA) is 153 Å². The van der Waals surface area contributed by atoms with Crippen LogP contribution in [-0.4, -0.2) is 60.6 Å². The highest BCUT2D eigenvalue weighted by Gasteiger charge is 2.28. The molecule has 2 amide bonds. The normalized spacial score (nSPS) is 17.6. The van der Waals surface area contributed by atoms with Gasteiger partial charge in [-0.05, 0) is 61.7 Å². The number of fused-ring (bicyclic) bond motifs is 1. The predicted molar refractivity (Wildman–Crippen MR) is 169 cm³/mol. The van der Waals surface area contributed by atoms with Gasteiger partial charge in [0.25, 0.3) is 0 Å². The molecule has 2 aliphatic heterocycles. The van der Waals surface area contributed by atoms with Crippen LogP contribution in [0.15, 0.2) is 73.2 Å². The van der Waals surface area contributed by atoms with Crippen molar-refractivity contribution in [2.24, 2.45) is 0 Å². The van der Waals surface area contributed by atoms with Crippen LogP contribution in [0.25, 0.3) is 22.3 Å². The van der Waals surface area contributed by atoms with E-state index in [2.05, 4.69) is 30.5 Å². The van der Waals surface area contributed by atoms with Gasteiger partial charge in [-0.2, -0.15) is 9.49 Å². The van der Waals surface area contributed by atoms with E-state index in [0.717, 1.165) is 24.2 Å². The molecule has 2 aliphatic rings. The van der Waals surface area contributed by atoms with Crippen LogP contribution in [0.4, 0.5) is 15.9 Å². The Morgan fingerprint density at radius 3 is 2.50 bits per heavy atom. The van der Waals surface area contributed by atoms with Crippen molar-refractivity contribution in [1.82, 2.24) is 34.9 Å². The molecule has 0 bridgehead atoms. The van der Waals surface area contributed by atoms with E-state index in [-0.39, 0.29) is 24.3 Å². The van der Waals surface area contributed by atoms with Crippen molar-refractivity contribution in [2.45, 2.75) is 44.3 Å². The van der Waals surface area contributed by atoms with Gasteiger partial charge in [0, 0.05) is 37.2 Å². The number of para-hydroxylation sites is 1. The first-order chi connectivity index (χ1) is 22.4. The highest BCUT2D eigenvalue weighted by atomic mass is 19.1. The number of benzene rings is 2. The summed E-state index contributed by atoms with van der Waals surface area (Å²) in [5.74, 6) is 0.597. The molecule has 46 heavy (non-hydrogen) atoms. The number of nitrogens with two attached hydrogens (primary N) is 1. The molecule has 0 spiro atoms. The minimum atomic E-state index is -0.569.